The molecule has 0 spiro atoms. The Morgan fingerprint density at radius 2 is 2.17 bits per heavy atom. The average Bonchev–Trinajstić information content (AvgIpc) is 2.60. The Morgan fingerprint density at radius 1 is 1.44 bits per heavy atom. The molecule has 0 saturated carbocycles. The minimum absolute atomic E-state index is 0.294. The van der Waals surface area contributed by atoms with Crippen molar-refractivity contribution in [1.82, 2.24) is 14.5 Å². The van der Waals surface area contributed by atoms with Gasteiger partial charge in [0.05, 0.1) is 0 Å². The normalized spacial score (nSPS) is 10.9. The topological polar surface area (TPSA) is 118 Å². The van der Waals surface area contributed by atoms with E-state index in [2.05, 4.69) is 25.5 Å². The minimum atomic E-state index is 0.294. The molecule has 0 saturated heterocycles. The molecule has 2 aromatic heterocycles. The molecule has 7 nitrogen and oxygen atoms in total. The summed E-state index contributed by atoms with van der Waals surface area (Å²) in [4.78, 5) is 8.15. The molecule has 18 heavy (non-hydrogen) atoms. The van der Waals surface area contributed by atoms with Crippen LogP contribution in [0.2, 0.25) is 0 Å². The second-order valence-corrected chi connectivity index (χ2v) is 4.55. The molecule has 0 fully saturated rings. The first-order valence-electron chi connectivity index (χ1n) is 5.33. The van der Waals surface area contributed by atoms with Gasteiger partial charge in [0.15, 0.2) is 0 Å². The van der Waals surface area contributed by atoms with E-state index in [1.165, 1.54) is 6.33 Å². The van der Waals surface area contributed by atoms with Gasteiger partial charge in [-0.25, -0.2) is 0 Å². The van der Waals surface area contributed by atoms with E-state index in [0.29, 0.717) is 46.1 Å². The molecule has 0 aliphatic carbocycles. The average molecular weight is 313 g/mol. The summed E-state index contributed by atoms with van der Waals surface area (Å²) < 4.78 is 7.53. The fraction of sp³-hybridized carbons (Fsp3) is 0.300. The first-order valence-corrected chi connectivity index (χ1v) is 6.19. The van der Waals surface area contributed by atoms with E-state index in [4.69, 9.17) is 21.9 Å². The quantitative estimate of drug-likeness (QED) is 0.636. The number of fused-ring (bicyclic) bond motifs is 1. The number of ether oxygens (including phenoxy) is 1. The van der Waals surface area contributed by atoms with Crippen LogP contribution in [0, 0.1) is 0 Å². The van der Waals surface area contributed by atoms with E-state index in [0.717, 1.165) is 0 Å². The Bertz CT molecular complexity index is 608. The van der Waals surface area contributed by atoms with E-state index < -0.39 is 0 Å². The van der Waals surface area contributed by atoms with Gasteiger partial charge in [-0.2, -0.15) is 0 Å². The van der Waals surface area contributed by atoms with Crippen molar-refractivity contribution in [2.75, 3.05) is 18.1 Å². The molecule has 8 heteroatoms. The fourth-order valence-corrected chi connectivity index (χ4v) is 2.21. The summed E-state index contributed by atoms with van der Waals surface area (Å²) in [5.41, 5.74) is 19.0. The molecule has 96 valence electrons. The van der Waals surface area contributed by atoms with Gasteiger partial charge in [-0.05, 0) is 0 Å². The maximum absolute atomic E-state index is 6.07. The first-order chi connectivity index (χ1) is 8.57. The predicted molar refractivity (Wildman–Crippen MR) is 72.0 cm³/mol. The number of anilines is 2. The van der Waals surface area contributed by atoms with Crippen molar-refractivity contribution in [3.63, 3.8) is 0 Å². The molecule has 0 bridgehead atoms. The van der Waals surface area contributed by atoms with E-state index in [1.807, 2.05) is 6.92 Å². The molecule has 0 aromatic carbocycles. The second-order valence-electron chi connectivity index (χ2n) is 3.63. The summed E-state index contributed by atoms with van der Waals surface area (Å²) in [6.45, 7) is 2.77. The molecule has 2 aromatic rings. The number of aromatic nitrogens is 3. The Balaban J connectivity index is 2.75. The molecule has 0 radical (unpaired) electrons. The van der Waals surface area contributed by atoms with Crippen molar-refractivity contribution in [3.8, 4) is 0 Å². The Kier molecular flexibility index (Phi) is 3.51. The van der Waals surface area contributed by atoms with Gasteiger partial charge in [0, 0.05) is 0 Å². The monoisotopic (exact) mass is 314 g/mol. The van der Waals surface area contributed by atoms with Crippen LogP contribution >= 0.6 is 0 Å². The molecule has 2 rings (SSSR count). The maximum atomic E-state index is 6.07. The van der Waals surface area contributed by atoms with Gasteiger partial charge in [-0.15, -0.1) is 0 Å². The molecular weight excluding hydrogens is 299 g/mol. The van der Waals surface area contributed by atoms with Crippen molar-refractivity contribution in [1.29, 1.82) is 0 Å². The Morgan fingerprint density at radius 3 is 2.78 bits per heavy atom. The van der Waals surface area contributed by atoms with Crippen molar-refractivity contribution < 1.29 is 4.74 Å². The van der Waals surface area contributed by atoms with Gasteiger partial charge in [-0.3, -0.25) is 0 Å². The van der Waals surface area contributed by atoms with Gasteiger partial charge < -0.3 is 0 Å². The van der Waals surface area contributed by atoms with Crippen LogP contribution < -0.4 is 17.2 Å². The molecule has 0 aliphatic rings. The number of nitrogen functional groups attached to an aromatic ring is 2. The SMILES string of the molecule is CCOCn1c(N)c(C(N)=[Se])c2c(N)ncnc21. The van der Waals surface area contributed by atoms with Crippen molar-refractivity contribution >= 4 is 42.8 Å². The summed E-state index contributed by atoms with van der Waals surface area (Å²) in [5, 5.41) is 0.644. The van der Waals surface area contributed by atoms with E-state index in [1.54, 1.807) is 4.57 Å². The summed E-state index contributed by atoms with van der Waals surface area (Å²) in [7, 11) is 0. The van der Waals surface area contributed by atoms with Gasteiger partial charge in [-0.1, -0.05) is 0 Å². The van der Waals surface area contributed by atoms with Crippen LogP contribution in [0.25, 0.3) is 11.0 Å². The Hall–Kier alpha value is -1.63. The van der Waals surface area contributed by atoms with Gasteiger partial charge in [0.25, 0.3) is 0 Å². The third kappa shape index (κ3) is 1.94. The third-order valence-corrected chi connectivity index (χ3v) is 3.01. The van der Waals surface area contributed by atoms with E-state index in [-0.39, 0.29) is 0 Å². The summed E-state index contributed by atoms with van der Waals surface area (Å²) >= 11 is 2.74. The molecular formula is C10H14N6OSe. The zero-order chi connectivity index (χ0) is 13.3. The standard InChI is InChI=1S/C10H14N6OSe/c1-2-17-4-16-8(12)6(9(13)18)5-7(11)14-3-15-10(5)16/h3H,2,4,12H2,1H3,(H2,13,18)(H2,11,14,15). The van der Waals surface area contributed by atoms with Crippen LogP contribution in [-0.2, 0) is 11.5 Å². The number of nitrogens with zero attached hydrogens (tertiary/aromatic N) is 3. The summed E-state index contributed by atoms with van der Waals surface area (Å²) in [6, 6.07) is 0. The van der Waals surface area contributed by atoms with Crippen LogP contribution in [0.5, 0.6) is 0 Å². The number of hydrogen-bond donors (Lipinski definition) is 3. The Labute approximate surface area is 112 Å². The molecule has 2 heterocycles. The van der Waals surface area contributed by atoms with Crippen LogP contribution in [0.15, 0.2) is 6.33 Å². The molecule has 0 aliphatic heterocycles. The van der Waals surface area contributed by atoms with Crippen LogP contribution in [0.1, 0.15) is 12.5 Å². The molecule has 0 atom stereocenters. The summed E-state index contributed by atoms with van der Waals surface area (Å²) in [5.74, 6) is 0.803. The number of rotatable bonds is 4. The van der Waals surface area contributed by atoms with Gasteiger partial charge in [0.2, 0.25) is 0 Å². The van der Waals surface area contributed by atoms with E-state index >= 15 is 0 Å². The van der Waals surface area contributed by atoms with Crippen molar-refractivity contribution in [2.45, 2.75) is 13.7 Å². The number of nitrogens with two attached hydrogens (primary N) is 3. The second kappa shape index (κ2) is 4.93. The van der Waals surface area contributed by atoms with Crippen LogP contribution in [0.3, 0.4) is 0 Å². The zero-order valence-corrected chi connectivity index (χ0v) is 11.6. The zero-order valence-electron chi connectivity index (χ0n) is 9.88. The third-order valence-electron chi connectivity index (χ3n) is 2.58. The fourth-order valence-electron chi connectivity index (χ4n) is 1.77. The molecule has 6 N–H and O–H groups in total. The predicted octanol–water partition coefficient (Wildman–Crippen LogP) is -0.805. The van der Waals surface area contributed by atoms with Crippen molar-refractivity contribution in [2.24, 2.45) is 5.73 Å². The van der Waals surface area contributed by atoms with Gasteiger partial charge in [0.1, 0.15) is 0 Å². The van der Waals surface area contributed by atoms with Gasteiger partial charge >= 0.3 is 111 Å². The molecule has 0 unspecified atom stereocenters. The first kappa shape index (κ1) is 12.8. The number of hydrogen-bond acceptors (Lipinski definition) is 6. The summed E-state index contributed by atoms with van der Waals surface area (Å²) in [6.07, 6.45) is 1.39. The van der Waals surface area contributed by atoms with Crippen LogP contribution in [-0.4, -0.2) is 41.3 Å². The van der Waals surface area contributed by atoms with E-state index in [9.17, 15) is 0 Å². The van der Waals surface area contributed by atoms with Crippen LogP contribution in [0.4, 0.5) is 11.6 Å². The molecule has 0 amide bonds. The van der Waals surface area contributed by atoms with Crippen molar-refractivity contribution in [3.05, 3.63) is 11.9 Å².